The number of rotatable bonds is 11. The normalized spacial score (nSPS) is 11.5. The molecule has 2 N–H and O–H groups in total. The lowest BCUT2D eigenvalue weighted by molar-refractivity contribution is -0.138. The molecule has 0 aliphatic rings. The lowest BCUT2D eigenvalue weighted by Crippen LogP contribution is -2.22. The summed E-state index contributed by atoms with van der Waals surface area (Å²) in [6.45, 7) is 4.39. The maximum absolute atomic E-state index is 13.5. The van der Waals surface area contributed by atoms with Crippen LogP contribution < -0.4 is 10.1 Å². The molecule has 0 aliphatic carbocycles. The van der Waals surface area contributed by atoms with E-state index in [2.05, 4.69) is 24.4 Å². The molecule has 1 atom stereocenters. The van der Waals surface area contributed by atoms with Crippen molar-refractivity contribution in [2.45, 2.75) is 45.6 Å². The molecule has 0 aromatic heterocycles. The van der Waals surface area contributed by atoms with Gasteiger partial charge in [-0.25, -0.2) is 9.18 Å². The molecule has 0 saturated carbocycles. The number of anilines is 1. The fourth-order valence-electron chi connectivity index (χ4n) is 3.87. The number of halogens is 1. The zero-order chi connectivity index (χ0) is 24.5. The molecule has 3 aromatic carbocycles. The summed E-state index contributed by atoms with van der Waals surface area (Å²) in [6.07, 6.45) is 2.89. The van der Waals surface area contributed by atoms with Gasteiger partial charge in [0.15, 0.2) is 6.04 Å². The van der Waals surface area contributed by atoms with Crippen LogP contribution in [0.1, 0.15) is 54.1 Å². The Kier molecular flexibility index (Phi) is 8.64. The lowest BCUT2D eigenvalue weighted by atomic mass is 9.95. The Labute approximate surface area is 199 Å². The largest absolute Gasteiger partial charge is 0.493 e. The zero-order valence-corrected chi connectivity index (χ0v) is 19.5. The minimum Gasteiger partial charge on any atom is -0.493 e. The number of carboxylic acid groups (broad SMARTS) is 1. The highest BCUT2D eigenvalue weighted by atomic mass is 19.1. The number of carbonyl (C=O) groups is 1. The second-order valence-electron chi connectivity index (χ2n) is 8.11. The molecule has 6 heteroatoms. The SMILES string of the molecule is CCCc1cc(CC)cc([C@@H](Nc2ccc(C#N)cc2)C(=O)O)c1OCCc1cccc(F)c1. The Balaban J connectivity index is 1.96. The molecule has 0 fully saturated rings. The predicted octanol–water partition coefficient (Wildman–Crippen LogP) is 6.07. The van der Waals surface area contributed by atoms with E-state index in [1.54, 1.807) is 30.3 Å². The van der Waals surface area contributed by atoms with Gasteiger partial charge in [0.05, 0.1) is 18.2 Å². The van der Waals surface area contributed by atoms with E-state index in [-0.39, 0.29) is 5.82 Å². The van der Waals surface area contributed by atoms with Crippen LogP contribution in [0.5, 0.6) is 5.75 Å². The van der Waals surface area contributed by atoms with E-state index in [4.69, 9.17) is 10.00 Å². The van der Waals surface area contributed by atoms with Crippen molar-refractivity contribution in [2.75, 3.05) is 11.9 Å². The molecular weight excluding hydrogens is 431 g/mol. The first-order valence-electron chi connectivity index (χ1n) is 11.5. The minimum absolute atomic E-state index is 0.293. The highest BCUT2D eigenvalue weighted by Crippen LogP contribution is 2.34. The molecule has 176 valence electrons. The summed E-state index contributed by atoms with van der Waals surface area (Å²) in [5.41, 5.74) is 4.45. The van der Waals surface area contributed by atoms with E-state index in [1.165, 1.54) is 12.1 Å². The summed E-state index contributed by atoms with van der Waals surface area (Å²) in [6, 6.07) is 18.0. The third-order valence-corrected chi connectivity index (χ3v) is 5.59. The van der Waals surface area contributed by atoms with E-state index in [0.29, 0.717) is 35.6 Å². The average Bonchev–Trinajstić information content (AvgIpc) is 2.83. The summed E-state index contributed by atoms with van der Waals surface area (Å²) in [7, 11) is 0. The van der Waals surface area contributed by atoms with Crippen LogP contribution in [0.2, 0.25) is 0 Å². The average molecular weight is 461 g/mol. The van der Waals surface area contributed by atoms with E-state index < -0.39 is 12.0 Å². The number of ether oxygens (including phenoxy) is 1. The molecular formula is C28H29FN2O3. The maximum Gasteiger partial charge on any atom is 0.330 e. The molecule has 3 rings (SSSR count). The zero-order valence-electron chi connectivity index (χ0n) is 19.5. The Morgan fingerprint density at radius 3 is 2.47 bits per heavy atom. The molecule has 5 nitrogen and oxygen atoms in total. The van der Waals surface area contributed by atoms with Crippen LogP contribution in [0.15, 0.2) is 60.7 Å². The van der Waals surface area contributed by atoms with Crippen molar-refractivity contribution in [3.05, 3.63) is 94.3 Å². The van der Waals surface area contributed by atoms with Gasteiger partial charge in [0.2, 0.25) is 0 Å². The van der Waals surface area contributed by atoms with E-state index in [0.717, 1.165) is 36.0 Å². The van der Waals surface area contributed by atoms with E-state index in [9.17, 15) is 14.3 Å². The molecule has 34 heavy (non-hydrogen) atoms. The molecule has 0 unspecified atom stereocenters. The molecule has 0 bridgehead atoms. The number of carboxylic acids is 1. The summed E-state index contributed by atoms with van der Waals surface area (Å²) in [5, 5.41) is 22.2. The molecule has 3 aromatic rings. The van der Waals surface area contributed by atoms with Gasteiger partial charge >= 0.3 is 5.97 Å². The Bertz CT molecular complexity index is 1170. The summed E-state index contributed by atoms with van der Waals surface area (Å²) in [4.78, 5) is 12.4. The molecule has 0 radical (unpaired) electrons. The second kappa shape index (κ2) is 11.9. The molecule has 0 saturated heterocycles. The number of nitrogens with zero attached hydrogens (tertiary/aromatic N) is 1. The van der Waals surface area contributed by atoms with Crippen LogP contribution in [0.4, 0.5) is 10.1 Å². The number of nitriles is 1. The number of benzene rings is 3. The van der Waals surface area contributed by atoms with Gasteiger partial charge in [-0.3, -0.25) is 0 Å². The summed E-state index contributed by atoms with van der Waals surface area (Å²) in [5.74, 6) is -0.770. The van der Waals surface area contributed by atoms with Crippen LogP contribution in [-0.4, -0.2) is 17.7 Å². The molecule has 0 amide bonds. The monoisotopic (exact) mass is 460 g/mol. The fourth-order valence-corrected chi connectivity index (χ4v) is 3.87. The number of hydrogen-bond acceptors (Lipinski definition) is 4. The van der Waals surface area contributed by atoms with Crippen molar-refractivity contribution in [1.29, 1.82) is 5.26 Å². The standard InChI is InChI=1S/C28H29FN2O3/c1-3-6-22-15-19(4-2)17-25(27(22)34-14-13-20-7-5-8-23(29)16-20)26(28(32)33)31-24-11-9-21(18-30)10-12-24/h5,7-12,15-17,26,31H,3-4,6,13-14H2,1-2H3,(H,32,33)/t26-/m1/s1. The summed E-state index contributed by atoms with van der Waals surface area (Å²) < 4.78 is 19.7. The van der Waals surface area contributed by atoms with Crippen molar-refractivity contribution >= 4 is 11.7 Å². The maximum atomic E-state index is 13.5. The first-order valence-corrected chi connectivity index (χ1v) is 11.5. The van der Waals surface area contributed by atoms with Crippen LogP contribution in [0.3, 0.4) is 0 Å². The minimum atomic E-state index is -1.04. The summed E-state index contributed by atoms with van der Waals surface area (Å²) >= 11 is 0. The van der Waals surface area contributed by atoms with Crippen LogP contribution in [0.25, 0.3) is 0 Å². The van der Waals surface area contributed by atoms with Crippen molar-refractivity contribution < 1.29 is 19.0 Å². The molecule has 0 heterocycles. The fraction of sp³-hybridized carbons (Fsp3) is 0.286. The highest BCUT2D eigenvalue weighted by Gasteiger charge is 2.26. The van der Waals surface area contributed by atoms with Crippen molar-refractivity contribution in [1.82, 2.24) is 0 Å². The van der Waals surface area contributed by atoms with Crippen LogP contribution in [0, 0.1) is 17.1 Å². The molecule has 0 spiro atoms. The second-order valence-corrected chi connectivity index (χ2v) is 8.11. The number of hydrogen-bond donors (Lipinski definition) is 2. The van der Waals surface area contributed by atoms with Crippen molar-refractivity contribution in [3.63, 3.8) is 0 Å². The third-order valence-electron chi connectivity index (χ3n) is 5.59. The van der Waals surface area contributed by atoms with Gasteiger partial charge in [-0.1, -0.05) is 38.5 Å². The molecule has 0 aliphatic heterocycles. The Morgan fingerprint density at radius 1 is 1.09 bits per heavy atom. The van der Waals surface area contributed by atoms with Crippen LogP contribution in [-0.2, 0) is 24.1 Å². The van der Waals surface area contributed by atoms with Gasteiger partial charge in [-0.2, -0.15) is 5.26 Å². The van der Waals surface area contributed by atoms with Crippen molar-refractivity contribution in [2.24, 2.45) is 0 Å². The van der Waals surface area contributed by atoms with Gasteiger partial charge in [-0.15, -0.1) is 0 Å². The number of nitrogens with one attached hydrogen (secondary N) is 1. The number of aliphatic carboxylic acids is 1. The highest BCUT2D eigenvalue weighted by molar-refractivity contribution is 5.81. The topological polar surface area (TPSA) is 82.4 Å². The first-order chi connectivity index (χ1) is 16.4. The number of aryl methyl sites for hydroxylation is 2. The van der Waals surface area contributed by atoms with Gasteiger partial charge in [0.1, 0.15) is 11.6 Å². The van der Waals surface area contributed by atoms with Gasteiger partial charge in [0, 0.05) is 17.7 Å². The first kappa shape index (κ1) is 24.8. The van der Waals surface area contributed by atoms with E-state index in [1.807, 2.05) is 19.1 Å². The van der Waals surface area contributed by atoms with Gasteiger partial charge in [0.25, 0.3) is 0 Å². The quantitative estimate of drug-likeness (QED) is 0.363. The van der Waals surface area contributed by atoms with Crippen molar-refractivity contribution in [3.8, 4) is 11.8 Å². The third kappa shape index (κ3) is 6.35. The predicted molar refractivity (Wildman–Crippen MR) is 131 cm³/mol. The Morgan fingerprint density at radius 2 is 1.85 bits per heavy atom. The van der Waals surface area contributed by atoms with Gasteiger partial charge < -0.3 is 15.2 Å². The van der Waals surface area contributed by atoms with E-state index >= 15 is 0 Å². The smallest absolute Gasteiger partial charge is 0.330 e. The van der Waals surface area contributed by atoms with Gasteiger partial charge in [-0.05, 0) is 72.0 Å². The Hall–Kier alpha value is -3.85. The van der Waals surface area contributed by atoms with Crippen LogP contribution >= 0.6 is 0 Å². The lowest BCUT2D eigenvalue weighted by Gasteiger charge is -2.23.